The molecule has 0 bridgehead atoms. The van der Waals surface area contributed by atoms with Crippen molar-refractivity contribution in [2.75, 3.05) is 0 Å². The smallest absolute Gasteiger partial charge is 0.162 e. The van der Waals surface area contributed by atoms with Crippen LogP contribution >= 0.6 is 57.4 Å². The lowest BCUT2D eigenvalue weighted by molar-refractivity contribution is 0.628. The molecule has 1 aromatic carbocycles. The fraction of sp³-hybridized carbons (Fsp3) is 0. The molecule has 1 heterocycles. The number of aromatic nitrogens is 2. The minimum Gasteiger partial charge on any atom is -0.215 e. The molecular weight excluding hydrogens is 400 g/mol. The second kappa shape index (κ2) is 5.22. The third-order valence-corrected chi connectivity index (χ3v) is 4.46. The molecule has 0 saturated heterocycles. The van der Waals surface area contributed by atoms with Gasteiger partial charge in [0.05, 0.1) is 8.59 Å². The summed E-state index contributed by atoms with van der Waals surface area (Å²) >= 11 is 19.3. The predicted molar refractivity (Wildman–Crippen MR) is 75.2 cm³/mol. The van der Waals surface area contributed by atoms with E-state index in [4.69, 9.17) is 34.8 Å². The Morgan fingerprint density at radius 1 is 1.06 bits per heavy atom. The third-order valence-electron chi connectivity index (χ3n) is 1.95. The first-order chi connectivity index (χ1) is 7.99. The fourth-order valence-electron chi connectivity index (χ4n) is 1.16. The Hall–Kier alpha value is -0.170. The van der Waals surface area contributed by atoms with Gasteiger partial charge in [0.25, 0.3) is 0 Å². The number of hydrogen-bond donors (Lipinski definition) is 0. The molecule has 0 aliphatic rings. The average Bonchev–Trinajstić information content (AvgIpc) is 2.29. The lowest BCUT2D eigenvalue weighted by atomic mass is 10.2. The van der Waals surface area contributed by atoms with Gasteiger partial charge in [-0.1, -0.05) is 34.8 Å². The zero-order valence-electron chi connectivity index (χ0n) is 8.02. The highest BCUT2D eigenvalue weighted by atomic mass is 127. The molecule has 0 fully saturated rings. The zero-order valence-corrected chi connectivity index (χ0v) is 12.4. The molecule has 2 aromatic rings. The van der Waals surface area contributed by atoms with E-state index >= 15 is 0 Å². The Morgan fingerprint density at radius 3 is 2.18 bits per heavy atom. The summed E-state index contributed by atoms with van der Waals surface area (Å²) in [4.78, 5) is 8.05. The Kier molecular flexibility index (Phi) is 4.07. The van der Waals surface area contributed by atoms with Gasteiger partial charge >= 0.3 is 0 Å². The van der Waals surface area contributed by atoms with Gasteiger partial charge in [-0.2, -0.15) is 0 Å². The van der Waals surface area contributed by atoms with Crippen LogP contribution in [0.5, 0.6) is 0 Å². The topological polar surface area (TPSA) is 25.8 Å². The number of benzene rings is 1. The lowest BCUT2D eigenvalue weighted by Gasteiger charge is -2.04. The average molecular weight is 403 g/mol. The molecule has 0 amide bonds. The van der Waals surface area contributed by atoms with Gasteiger partial charge in [0.1, 0.15) is 16.1 Å². The van der Waals surface area contributed by atoms with Crippen molar-refractivity contribution in [3.63, 3.8) is 0 Å². The van der Waals surface area contributed by atoms with Crippen molar-refractivity contribution < 1.29 is 4.39 Å². The summed E-state index contributed by atoms with van der Waals surface area (Å²) in [6.07, 6.45) is 0. The molecule has 0 radical (unpaired) electrons. The van der Waals surface area contributed by atoms with E-state index in [2.05, 4.69) is 9.97 Å². The normalized spacial score (nSPS) is 10.6. The number of hydrogen-bond acceptors (Lipinski definition) is 2. The molecule has 17 heavy (non-hydrogen) atoms. The lowest BCUT2D eigenvalue weighted by Crippen LogP contribution is -1.94. The van der Waals surface area contributed by atoms with Crippen LogP contribution in [-0.4, -0.2) is 9.97 Å². The van der Waals surface area contributed by atoms with E-state index in [1.807, 2.05) is 22.6 Å². The maximum Gasteiger partial charge on any atom is 0.162 e. The molecule has 0 N–H and O–H groups in total. The van der Waals surface area contributed by atoms with Crippen molar-refractivity contribution in [2.45, 2.75) is 0 Å². The monoisotopic (exact) mass is 402 g/mol. The van der Waals surface area contributed by atoms with E-state index in [0.29, 0.717) is 9.13 Å². The summed E-state index contributed by atoms with van der Waals surface area (Å²) in [6.45, 7) is 0. The second-order valence-corrected chi connectivity index (χ2v) is 5.27. The fourth-order valence-corrected chi connectivity index (χ4v) is 1.90. The minimum absolute atomic E-state index is 0.0384. The van der Waals surface area contributed by atoms with Gasteiger partial charge in [-0.3, -0.25) is 0 Å². The summed E-state index contributed by atoms with van der Waals surface area (Å²) in [5.74, 6) is -0.283. The Balaban J connectivity index is 2.57. The molecular formula is C10H3Cl3FIN2. The van der Waals surface area contributed by atoms with Crippen molar-refractivity contribution in [1.82, 2.24) is 9.97 Å². The van der Waals surface area contributed by atoms with E-state index in [9.17, 15) is 4.39 Å². The highest BCUT2D eigenvalue weighted by Crippen LogP contribution is 2.28. The molecule has 0 spiro atoms. The Labute approximate surface area is 125 Å². The maximum atomic E-state index is 13.3. The summed E-state index contributed by atoms with van der Waals surface area (Å²) in [5.41, 5.74) is 0.465. The second-order valence-electron chi connectivity index (χ2n) is 3.07. The molecule has 0 unspecified atom stereocenters. The van der Waals surface area contributed by atoms with E-state index < -0.39 is 5.82 Å². The first kappa shape index (κ1) is 13.3. The molecule has 2 rings (SSSR count). The van der Waals surface area contributed by atoms with Gasteiger partial charge < -0.3 is 0 Å². The van der Waals surface area contributed by atoms with E-state index in [1.54, 1.807) is 6.07 Å². The standard InChI is InChI=1S/C10H3Cl3FIN2/c11-5-2-1-4(3-6(5)14)10-16-8(12)7(15)9(13)17-10/h1-3H. The molecule has 0 aliphatic heterocycles. The van der Waals surface area contributed by atoms with Crippen molar-refractivity contribution >= 4 is 57.4 Å². The van der Waals surface area contributed by atoms with Crippen LogP contribution in [0.1, 0.15) is 0 Å². The van der Waals surface area contributed by atoms with Crippen LogP contribution in [0.2, 0.25) is 15.3 Å². The first-order valence-corrected chi connectivity index (χ1v) is 6.54. The van der Waals surface area contributed by atoms with Crippen molar-refractivity contribution in [1.29, 1.82) is 0 Å². The number of rotatable bonds is 1. The SMILES string of the molecule is Fc1cc(-c2nc(Cl)c(I)c(Cl)n2)ccc1Cl. The Morgan fingerprint density at radius 2 is 1.65 bits per heavy atom. The Bertz CT molecular complexity index is 569. The maximum absolute atomic E-state index is 13.3. The number of nitrogens with zero attached hydrogens (tertiary/aromatic N) is 2. The summed E-state index contributed by atoms with van der Waals surface area (Å²) in [5, 5.41) is 0.503. The van der Waals surface area contributed by atoms with Gasteiger partial charge in [0.15, 0.2) is 5.82 Å². The van der Waals surface area contributed by atoms with Crippen LogP contribution in [0, 0.1) is 9.39 Å². The molecule has 0 aliphatic carbocycles. The summed E-state index contributed by atoms with van der Waals surface area (Å²) < 4.78 is 13.8. The minimum atomic E-state index is -0.543. The molecule has 1 aromatic heterocycles. The summed E-state index contributed by atoms with van der Waals surface area (Å²) in [7, 11) is 0. The third kappa shape index (κ3) is 2.81. The van der Waals surface area contributed by atoms with Gasteiger partial charge in [-0.05, 0) is 40.8 Å². The molecule has 7 heteroatoms. The van der Waals surface area contributed by atoms with Crippen LogP contribution in [0.15, 0.2) is 18.2 Å². The van der Waals surface area contributed by atoms with E-state index in [-0.39, 0.29) is 21.2 Å². The van der Waals surface area contributed by atoms with Crippen LogP contribution in [0.25, 0.3) is 11.4 Å². The zero-order chi connectivity index (χ0) is 12.6. The predicted octanol–water partition coefficient (Wildman–Crippen LogP) is 4.85. The molecule has 2 nitrogen and oxygen atoms in total. The summed E-state index contributed by atoms with van der Waals surface area (Å²) in [6, 6.07) is 4.26. The van der Waals surface area contributed by atoms with Crippen LogP contribution in [-0.2, 0) is 0 Å². The van der Waals surface area contributed by atoms with Crippen molar-refractivity contribution in [2.24, 2.45) is 0 Å². The van der Waals surface area contributed by atoms with Crippen molar-refractivity contribution in [3.8, 4) is 11.4 Å². The van der Waals surface area contributed by atoms with Gasteiger partial charge in [0.2, 0.25) is 0 Å². The number of halogens is 5. The van der Waals surface area contributed by atoms with Crippen LogP contribution in [0.3, 0.4) is 0 Å². The molecule has 0 atom stereocenters. The van der Waals surface area contributed by atoms with Gasteiger partial charge in [-0.25, -0.2) is 14.4 Å². The van der Waals surface area contributed by atoms with E-state index in [0.717, 1.165) is 0 Å². The van der Waals surface area contributed by atoms with Crippen LogP contribution < -0.4 is 0 Å². The van der Waals surface area contributed by atoms with E-state index in [1.165, 1.54) is 12.1 Å². The molecule has 88 valence electrons. The first-order valence-electron chi connectivity index (χ1n) is 4.33. The highest BCUT2D eigenvalue weighted by molar-refractivity contribution is 14.1. The largest absolute Gasteiger partial charge is 0.215 e. The molecule has 0 saturated carbocycles. The van der Waals surface area contributed by atoms with Crippen LogP contribution in [0.4, 0.5) is 4.39 Å². The highest BCUT2D eigenvalue weighted by Gasteiger charge is 2.11. The van der Waals surface area contributed by atoms with Gasteiger partial charge in [0, 0.05) is 5.56 Å². The van der Waals surface area contributed by atoms with Crippen molar-refractivity contribution in [3.05, 3.63) is 42.9 Å². The quantitative estimate of drug-likeness (QED) is 0.503. The van der Waals surface area contributed by atoms with Gasteiger partial charge in [-0.15, -0.1) is 0 Å².